The van der Waals surface area contributed by atoms with Crippen molar-refractivity contribution in [1.29, 1.82) is 0 Å². The van der Waals surface area contributed by atoms with Crippen LogP contribution in [0.4, 0.5) is 0 Å². The molecule has 0 saturated carbocycles. The van der Waals surface area contributed by atoms with Gasteiger partial charge in [0.2, 0.25) is 0 Å². The zero-order valence-corrected chi connectivity index (χ0v) is 9.03. The van der Waals surface area contributed by atoms with Gasteiger partial charge in [-0.1, -0.05) is 37.6 Å². The number of hydrogen-bond acceptors (Lipinski definition) is 2. The fourth-order valence-corrected chi connectivity index (χ4v) is 1.41. The lowest BCUT2D eigenvalue weighted by atomic mass is 9.95. The Hall–Kier alpha value is -1.35. The van der Waals surface area contributed by atoms with Crippen molar-refractivity contribution in [2.24, 2.45) is 0 Å². The molecular formula is C12H16O3. The van der Waals surface area contributed by atoms with Gasteiger partial charge in [-0.3, -0.25) is 0 Å². The summed E-state index contributed by atoms with van der Waals surface area (Å²) >= 11 is 0. The molecule has 0 aliphatic rings. The molecule has 3 nitrogen and oxygen atoms in total. The highest BCUT2D eigenvalue weighted by molar-refractivity contribution is 5.78. The lowest BCUT2D eigenvalue weighted by Gasteiger charge is -2.18. The molecular weight excluding hydrogens is 192 g/mol. The molecule has 0 saturated heterocycles. The van der Waals surface area contributed by atoms with Gasteiger partial charge in [0.1, 0.15) is 0 Å². The van der Waals surface area contributed by atoms with E-state index in [1.165, 1.54) is 6.92 Å². The number of aryl methyl sites for hydroxylation is 1. The van der Waals surface area contributed by atoms with E-state index < -0.39 is 11.6 Å². The molecule has 0 bridgehead atoms. The van der Waals surface area contributed by atoms with Gasteiger partial charge in [-0.25, -0.2) is 4.79 Å². The van der Waals surface area contributed by atoms with E-state index in [-0.39, 0.29) is 0 Å². The zero-order chi connectivity index (χ0) is 11.5. The summed E-state index contributed by atoms with van der Waals surface area (Å²) in [5, 5.41) is 18.5. The van der Waals surface area contributed by atoms with Crippen molar-refractivity contribution in [2.75, 3.05) is 0 Å². The molecule has 1 rings (SSSR count). The van der Waals surface area contributed by atoms with Gasteiger partial charge < -0.3 is 10.2 Å². The highest BCUT2D eigenvalue weighted by Gasteiger charge is 2.31. The summed E-state index contributed by atoms with van der Waals surface area (Å²) in [6.07, 6.45) is 2.02. The van der Waals surface area contributed by atoms with Crippen molar-refractivity contribution in [3.05, 3.63) is 35.4 Å². The average Bonchev–Trinajstić information content (AvgIpc) is 2.19. The van der Waals surface area contributed by atoms with E-state index in [0.717, 1.165) is 18.4 Å². The molecule has 1 aromatic carbocycles. The van der Waals surface area contributed by atoms with Crippen LogP contribution in [-0.4, -0.2) is 16.2 Å². The van der Waals surface area contributed by atoms with Gasteiger partial charge in [0.25, 0.3) is 0 Å². The molecule has 0 aromatic heterocycles. The van der Waals surface area contributed by atoms with Crippen molar-refractivity contribution in [3.63, 3.8) is 0 Å². The van der Waals surface area contributed by atoms with Crippen molar-refractivity contribution in [3.8, 4) is 0 Å². The highest BCUT2D eigenvalue weighted by atomic mass is 16.4. The van der Waals surface area contributed by atoms with Crippen molar-refractivity contribution in [1.82, 2.24) is 0 Å². The third kappa shape index (κ3) is 2.57. The molecule has 2 N–H and O–H groups in total. The molecule has 0 heterocycles. The van der Waals surface area contributed by atoms with E-state index in [2.05, 4.69) is 6.92 Å². The van der Waals surface area contributed by atoms with E-state index in [9.17, 15) is 9.90 Å². The lowest BCUT2D eigenvalue weighted by Crippen LogP contribution is -2.31. The molecule has 0 radical (unpaired) electrons. The zero-order valence-electron chi connectivity index (χ0n) is 9.03. The molecule has 0 fully saturated rings. The lowest BCUT2D eigenvalue weighted by molar-refractivity contribution is -0.157. The van der Waals surface area contributed by atoms with Crippen LogP contribution in [0, 0.1) is 0 Å². The maximum atomic E-state index is 10.8. The second-order valence-electron chi connectivity index (χ2n) is 3.82. The van der Waals surface area contributed by atoms with Crippen LogP contribution in [0.3, 0.4) is 0 Å². The summed E-state index contributed by atoms with van der Waals surface area (Å²) in [6.45, 7) is 3.37. The van der Waals surface area contributed by atoms with Crippen LogP contribution < -0.4 is 0 Å². The summed E-state index contributed by atoms with van der Waals surface area (Å²) in [5.74, 6) is -1.23. The van der Waals surface area contributed by atoms with Gasteiger partial charge in [-0.15, -0.1) is 0 Å². The number of rotatable bonds is 4. The maximum absolute atomic E-state index is 10.8. The fraction of sp³-hybridized carbons (Fsp3) is 0.417. The highest BCUT2D eigenvalue weighted by Crippen LogP contribution is 2.21. The minimum atomic E-state index is -1.80. The summed E-state index contributed by atoms with van der Waals surface area (Å²) in [5.41, 5.74) is -0.234. The molecule has 0 amide bonds. The first-order chi connectivity index (χ1) is 6.98. The average molecular weight is 208 g/mol. The first kappa shape index (κ1) is 11.7. The minimum absolute atomic E-state index is 0.412. The summed E-state index contributed by atoms with van der Waals surface area (Å²) in [7, 11) is 0. The Labute approximate surface area is 89.4 Å². The van der Waals surface area contributed by atoms with E-state index in [4.69, 9.17) is 5.11 Å². The number of aliphatic hydroxyl groups is 1. The van der Waals surface area contributed by atoms with Gasteiger partial charge in [0.05, 0.1) is 0 Å². The van der Waals surface area contributed by atoms with Gasteiger partial charge in [-0.05, 0) is 24.5 Å². The fourth-order valence-electron chi connectivity index (χ4n) is 1.41. The standard InChI is InChI=1S/C12H16O3/c1-3-4-9-5-7-10(8-6-9)12(2,15)11(13)14/h5-8,15H,3-4H2,1-2H3,(H,13,14). The van der Waals surface area contributed by atoms with Gasteiger partial charge >= 0.3 is 5.97 Å². The van der Waals surface area contributed by atoms with Crippen molar-refractivity contribution < 1.29 is 15.0 Å². The Morgan fingerprint density at radius 2 is 1.87 bits per heavy atom. The van der Waals surface area contributed by atoms with Crippen LogP contribution in [-0.2, 0) is 16.8 Å². The molecule has 0 aliphatic heterocycles. The SMILES string of the molecule is CCCc1ccc(C(C)(O)C(=O)O)cc1. The quantitative estimate of drug-likeness (QED) is 0.794. The molecule has 1 aromatic rings. The number of carboxylic acids is 1. The predicted molar refractivity (Wildman–Crippen MR) is 57.6 cm³/mol. The Morgan fingerprint density at radius 1 is 1.33 bits per heavy atom. The monoisotopic (exact) mass is 208 g/mol. The van der Waals surface area contributed by atoms with Crippen molar-refractivity contribution >= 4 is 5.97 Å². The van der Waals surface area contributed by atoms with E-state index >= 15 is 0 Å². The van der Waals surface area contributed by atoms with Crippen LogP contribution >= 0.6 is 0 Å². The van der Waals surface area contributed by atoms with Crippen LogP contribution in [0.1, 0.15) is 31.4 Å². The second kappa shape index (κ2) is 4.45. The normalized spacial score (nSPS) is 14.6. The number of benzene rings is 1. The maximum Gasteiger partial charge on any atom is 0.340 e. The molecule has 1 atom stereocenters. The van der Waals surface area contributed by atoms with E-state index in [1.807, 2.05) is 12.1 Å². The third-order valence-electron chi connectivity index (χ3n) is 2.47. The first-order valence-corrected chi connectivity index (χ1v) is 5.03. The Balaban J connectivity index is 2.93. The molecule has 15 heavy (non-hydrogen) atoms. The first-order valence-electron chi connectivity index (χ1n) is 5.03. The van der Waals surface area contributed by atoms with Crippen LogP contribution in [0.15, 0.2) is 24.3 Å². The second-order valence-corrected chi connectivity index (χ2v) is 3.82. The van der Waals surface area contributed by atoms with E-state index in [0.29, 0.717) is 5.56 Å². The molecule has 82 valence electrons. The largest absolute Gasteiger partial charge is 0.479 e. The predicted octanol–water partition coefficient (Wildman–Crippen LogP) is 1.93. The number of carbonyl (C=O) groups is 1. The smallest absolute Gasteiger partial charge is 0.340 e. The Morgan fingerprint density at radius 3 is 2.27 bits per heavy atom. The van der Waals surface area contributed by atoms with Gasteiger partial charge in [0, 0.05) is 0 Å². The molecule has 1 unspecified atom stereocenters. The summed E-state index contributed by atoms with van der Waals surface area (Å²) in [6, 6.07) is 7.05. The summed E-state index contributed by atoms with van der Waals surface area (Å²) < 4.78 is 0. The summed E-state index contributed by atoms with van der Waals surface area (Å²) in [4.78, 5) is 10.8. The van der Waals surface area contributed by atoms with E-state index in [1.54, 1.807) is 12.1 Å². The van der Waals surface area contributed by atoms with Gasteiger partial charge in [0.15, 0.2) is 5.60 Å². The third-order valence-corrected chi connectivity index (χ3v) is 2.47. The number of carboxylic acid groups (broad SMARTS) is 1. The van der Waals surface area contributed by atoms with Crippen molar-refractivity contribution in [2.45, 2.75) is 32.3 Å². The van der Waals surface area contributed by atoms with Crippen LogP contribution in [0.5, 0.6) is 0 Å². The van der Waals surface area contributed by atoms with Crippen LogP contribution in [0.25, 0.3) is 0 Å². The Bertz CT molecular complexity index is 338. The minimum Gasteiger partial charge on any atom is -0.479 e. The molecule has 0 spiro atoms. The van der Waals surface area contributed by atoms with Crippen LogP contribution in [0.2, 0.25) is 0 Å². The Kier molecular flexibility index (Phi) is 3.48. The molecule has 0 aliphatic carbocycles. The number of aliphatic carboxylic acids is 1. The molecule has 3 heteroatoms. The topological polar surface area (TPSA) is 57.5 Å². The number of hydrogen-bond donors (Lipinski definition) is 2. The van der Waals surface area contributed by atoms with Gasteiger partial charge in [-0.2, -0.15) is 0 Å².